The highest BCUT2D eigenvalue weighted by molar-refractivity contribution is 5.92. The number of benzene rings is 1. The van der Waals surface area contributed by atoms with E-state index in [1.165, 1.54) is 11.8 Å². The molecule has 1 heterocycles. The van der Waals surface area contributed by atoms with E-state index in [1.54, 1.807) is 0 Å². The number of hydrogen-bond donors (Lipinski definition) is 2. The van der Waals surface area contributed by atoms with Gasteiger partial charge in [-0.1, -0.05) is 50.6 Å². The van der Waals surface area contributed by atoms with Gasteiger partial charge in [0.15, 0.2) is 5.69 Å². The maximum absolute atomic E-state index is 12.3. The topological polar surface area (TPSA) is 81.1 Å². The van der Waals surface area contributed by atoms with Crippen molar-refractivity contribution >= 4 is 5.91 Å². The summed E-state index contributed by atoms with van der Waals surface area (Å²) in [5.74, 6) is 0.456. The zero-order valence-electron chi connectivity index (χ0n) is 14.7. The molecule has 1 aromatic carbocycles. The summed E-state index contributed by atoms with van der Waals surface area (Å²) in [6.45, 7) is 6.10. The molecule has 1 aromatic heterocycles. The summed E-state index contributed by atoms with van der Waals surface area (Å²) in [6.07, 6.45) is 4.11. The van der Waals surface area contributed by atoms with Crippen LogP contribution in [0.5, 0.6) is 0 Å². The molecule has 0 aliphatic rings. The molecule has 0 radical (unpaired) electrons. The average molecular weight is 329 g/mol. The largest absolute Gasteiger partial charge is 0.446 e. The predicted octanol–water partition coefficient (Wildman–Crippen LogP) is 3.47. The van der Waals surface area contributed by atoms with Gasteiger partial charge in [-0.15, -0.1) is 0 Å². The molecule has 0 saturated heterocycles. The van der Waals surface area contributed by atoms with Crippen LogP contribution in [-0.4, -0.2) is 16.9 Å². The zero-order valence-corrected chi connectivity index (χ0v) is 14.7. The number of hydrogen-bond acceptors (Lipinski definition) is 4. The maximum atomic E-state index is 12.3. The molecule has 1 amide bonds. The lowest BCUT2D eigenvalue weighted by Crippen LogP contribution is -2.33. The van der Waals surface area contributed by atoms with Gasteiger partial charge < -0.3 is 15.5 Å². The van der Waals surface area contributed by atoms with Crippen LogP contribution in [0.4, 0.5) is 0 Å². The van der Waals surface area contributed by atoms with Crippen LogP contribution in [0, 0.1) is 5.92 Å². The van der Waals surface area contributed by atoms with Crippen LogP contribution in [0.25, 0.3) is 0 Å². The van der Waals surface area contributed by atoms with Gasteiger partial charge in [0.2, 0.25) is 5.89 Å². The minimum atomic E-state index is -0.285. The van der Waals surface area contributed by atoms with Crippen molar-refractivity contribution in [1.82, 2.24) is 10.3 Å². The second kappa shape index (κ2) is 8.64. The van der Waals surface area contributed by atoms with Crippen LogP contribution in [0.1, 0.15) is 61.6 Å². The van der Waals surface area contributed by atoms with Gasteiger partial charge in [-0.2, -0.15) is 0 Å². The average Bonchev–Trinajstić information content (AvgIpc) is 3.09. The summed E-state index contributed by atoms with van der Waals surface area (Å²) in [6, 6.07) is 10.0. The van der Waals surface area contributed by atoms with Gasteiger partial charge in [0.05, 0.1) is 6.04 Å². The molecule has 0 aliphatic heterocycles. The quantitative estimate of drug-likeness (QED) is 0.777. The molecule has 2 aromatic rings. The Labute approximate surface area is 143 Å². The highest BCUT2D eigenvalue weighted by Gasteiger charge is 2.21. The Morgan fingerprint density at radius 3 is 2.67 bits per heavy atom. The van der Waals surface area contributed by atoms with Gasteiger partial charge >= 0.3 is 0 Å². The van der Waals surface area contributed by atoms with Gasteiger partial charge in [-0.25, -0.2) is 4.98 Å². The number of nitrogens with one attached hydrogen (secondary N) is 1. The Hall–Kier alpha value is -2.14. The van der Waals surface area contributed by atoms with Gasteiger partial charge in [0.1, 0.15) is 6.26 Å². The van der Waals surface area contributed by atoms with E-state index >= 15 is 0 Å². The van der Waals surface area contributed by atoms with Crippen molar-refractivity contribution in [2.24, 2.45) is 11.7 Å². The van der Waals surface area contributed by atoms with Crippen LogP contribution in [0.15, 0.2) is 41.0 Å². The van der Waals surface area contributed by atoms with E-state index in [1.807, 2.05) is 32.0 Å². The predicted molar refractivity (Wildman–Crippen MR) is 94.6 cm³/mol. The highest BCUT2D eigenvalue weighted by atomic mass is 16.3. The number of amides is 1. The summed E-state index contributed by atoms with van der Waals surface area (Å²) in [5.41, 5.74) is 7.64. The standard InChI is InChI=1S/C19H27N3O2/c1-4-13(2)17(20)19-22-16(12-24-19)18(23)21-14(3)10-11-15-8-6-5-7-9-15/h5-9,12-14,17H,4,10-11,20H2,1-3H3,(H,21,23). The zero-order chi connectivity index (χ0) is 17.5. The van der Waals surface area contributed by atoms with Gasteiger partial charge in [-0.3, -0.25) is 4.79 Å². The van der Waals surface area contributed by atoms with Crippen molar-refractivity contribution in [1.29, 1.82) is 0 Å². The summed E-state index contributed by atoms with van der Waals surface area (Å²) in [5, 5.41) is 2.96. The molecule has 0 spiro atoms. The van der Waals surface area contributed by atoms with E-state index in [4.69, 9.17) is 10.2 Å². The Kier molecular flexibility index (Phi) is 6.55. The number of nitrogens with two attached hydrogens (primary N) is 1. The van der Waals surface area contributed by atoms with Crippen molar-refractivity contribution in [2.45, 2.75) is 52.1 Å². The molecule has 3 atom stereocenters. The van der Waals surface area contributed by atoms with Gasteiger partial charge in [0.25, 0.3) is 5.91 Å². The van der Waals surface area contributed by atoms with E-state index in [0.29, 0.717) is 5.89 Å². The summed E-state index contributed by atoms with van der Waals surface area (Å²) in [7, 11) is 0. The maximum Gasteiger partial charge on any atom is 0.273 e. The Morgan fingerprint density at radius 2 is 2.00 bits per heavy atom. The third-order valence-corrected chi connectivity index (χ3v) is 4.38. The highest BCUT2D eigenvalue weighted by Crippen LogP contribution is 2.21. The van der Waals surface area contributed by atoms with Crippen molar-refractivity contribution in [3.8, 4) is 0 Å². The van der Waals surface area contributed by atoms with Crippen LogP contribution >= 0.6 is 0 Å². The molecule has 0 fully saturated rings. The van der Waals surface area contributed by atoms with Crippen LogP contribution < -0.4 is 11.1 Å². The smallest absolute Gasteiger partial charge is 0.273 e. The first-order valence-electron chi connectivity index (χ1n) is 8.57. The van der Waals surface area contributed by atoms with Gasteiger partial charge in [0, 0.05) is 6.04 Å². The van der Waals surface area contributed by atoms with E-state index in [-0.39, 0.29) is 29.6 Å². The lowest BCUT2D eigenvalue weighted by Gasteiger charge is -2.14. The normalized spacial score (nSPS) is 14.8. The van der Waals surface area contributed by atoms with Crippen LogP contribution in [0.3, 0.4) is 0 Å². The number of aryl methyl sites for hydroxylation is 1. The number of nitrogens with zero attached hydrogens (tertiary/aromatic N) is 1. The van der Waals surface area contributed by atoms with Crippen LogP contribution in [0.2, 0.25) is 0 Å². The monoisotopic (exact) mass is 329 g/mol. The third-order valence-electron chi connectivity index (χ3n) is 4.38. The summed E-state index contributed by atoms with van der Waals surface area (Å²) in [4.78, 5) is 16.5. The second-order valence-electron chi connectivity index (χ2n) is 6.38. The molecule has 2 rings (SSSR count). The Morgan fingerprint density at radius 1 is 1.29 bits per heavy atom. The van der Waals surface area contributed by atoms with Crippen molar-refractivity contribution in [2.75, 3.05) is 0 Å². The number of carbonyl (C=O) groups excluding carboxylic acids is 1. The second-order valence-corrected chi connectivity index (χ2v) is 6.38. The van der Waals surface area contributed by atoms with Crippen molar-refractivity contribution in [3.05, 3.63) is 53.7 Å². The van der Waals surface area contributed by atoms with E-state index in [2.05, 4.69) is 29.4 Å². The molecule has 130 valence electrons. The fourth-order valence-corrected chi connectivity index (χ4v) is 2.44. The molecule has 5 heteroatoms. The summed E-state index contributed by atoms with van der Waals surface area (Å²) >= 11 is 0. The molecule has 0 bridgehead atoms. The Bertz CT molecular complexity index is 639. The molecular formula is C19H27N3O2. The van der Waals surface area contributed by atoms with E-state index in [9.17, 15) is 4.79 Å². The SMILES string of the molecule is CCC(C)C(N)c1nc(C(=O)NC(C)CCc2ccccc2)co1. The molecule has 3 unspecified atom stereocenters. The molecule has 24 heavy (non-hydrogen) atoms. The lowest BCUT2D eigenvalue weighted by atomic mass is 10.0. The van der Waals surface area contributed by atoms with E-state index in [0.717, 1.165) is 19.3 Å². The molecular weight excluding hydrogens is 302 g/mol. The Balaban J connectivity index is 1.86. The minimum Gasteiger partial charge on any atom is -0.446 e. The number of aromatic nitrogens is 1. The molecule has 5 nitrogen and oxygen atoms in total. The van der Waals surface area contributed by atoms with Crippen molar-refractivity contribution < 1.29 is 9.21 Å². The summed E-state index contributed by atoms with van der Waals surface area (Å²) < 4.78 is 5.38. The number of rotatable bonds is 8. The first kappa shape index (κ1) is 18.2. The van der Waals surface area contributed by atoms with Crippen LogP contribution in [-0.2, 0) is 6.42 Å². The fourth-order valence-electron chi connectivity index (χ4n) is 2.44. The number of carbonyl (C=O) groups is 1. The number of oxazole rings is 1. The minimum absolute atomic E-state index is 0.0566. The first-order valence-corrected chi connectivity index (χ1v) is 8.57. The first-order chi connectivity index (χ1) is 11.5. The lowest BCUT2D eigenvalue weighted by molar-refractivity contribution is 0.0933. The molecule has 0 aliphatic carbocycles. The third kappa shape index (κ3) is 4.93. The molecule has 0 saturated carbocycles. The van der Waals surface area contributed by atoms with Gasteiger partial charge in [-0.05, 0) is 31.2 Å². The molecule has 3 N–H and O–H groups in total. The fraction of sp³-hybridized carbons (Fsp3) is 0.474. The van der Waals surface area contributed by atoms with E-state index < -0.39 is 0 Å². The van der Waals surface area contributed by atoms with Crippen molar-refractivity contribution in [3.63, 3.8) is 0 Å².